The Hall–Kier alpha value is -1.06. The Morgan fingerprint density at radius 1 is 1.07 bits per heavy atom. The maximum absolute atomic E-state index is 13.1. The molecule has 0 saturated heterocycles. The van der Waals surface area contributed by atoms with Gasteiger partial charge in [0.15, 0.2) is 0 Å². The first-order valence-electron chi connectivity index (χ1n) is 11.1. The molecule has 0 bridgehead atoms. The summed E-state index contributed by atoms with van der Waals surface area (Å²) in [7, 11) is 0. The molecule has 4 nitrogen and oxygen atoms in total. The fourth-order valence-electron chi connectivity index (χ4n) is 4.98. The van der Waals surface area contributed by atoms with Gasteiger partial charge in [-0.1, -0.05) is 60.3 Å². The highest BCUT2D eigenvalue weighted by Gasteiger charge is 2.43. The van der Waals surface area contributed by atoms with E-state index in [1.54, 1.807) is 0 Å². The van der Waals surface area contributed by atoms with E-state index >= 15 is 0 Å². The number of carbonyl (C=O) groups is 2. The second-order valence-corrected chi connectivity index (χ2v) is 10.1. The number of carboxylic acid groups (broad SMARTS) is 1. The molecule has 4 atom stereocenters. The maximum atomic E-state index is 13.1. The Kier molecular flexibility index (Phi) is 7.76. The fourth-order valence-corrected chi connectivity index (χ4v) is 4.98. The van der Waals surface area contributed by atoms with Gasteiger partial charge in [-0.05, 0) is 55.3 Å². The summed E-state index contributed by atoms with van der Waals surface area (Å²) in [6.07, 6.45) is 8.90. The average molecular weight is 381 g/mol. The van der Waals surface area contributed by atoms with Crippen molar-refractivity contribution in [2.75, 3.05) is 0 Å². The molecule has 0 spiro atoms. The number of hydrogen-bond donors (Lipinski definition) is 1. The molecule has 2 aliphatic carbocycles. The normalized spacial score (nSPS) is 33.3. The van der Waals surface area contributed by atoms with Gasteiger partial charge < -0.3 is 9.84 Å². The molecule has 0 aromatic carbocycles. The number of hydrogen-bond acceptors (Lipinski definition) is 3. The number of esters is 1. The topological polar surface area (TPSA) is 63.6 Å². The number of ether oxygens (including phenoxy) is 1. The second-order valence-electron chi connectivity index (χ2n) is 10.1. The van der Waals surface area contributed by atoms with Crippen LogP contribution in [-0.4, -0.2) is 23.1 Å². The van der Waals surface area contributed by atoms with Crippen LogP contribution in [-0.2, 0) is 14.3 Å². The third-order valence-electron chi connectivity index (χ3n) is 7.37. The minimum absolute atomic E-state index is 0.0369. The van der Waals surface area contributed by atoms with Crippen molar-refractivity contribution in [2.24, 2.45) is 35.0 Å². The number of carbonyl (C=O) groups excluding carboxylic acids is 1. The fraction of sp³-hybridized carbons (Fsp3) is 0.913. The third-order valence-corrected chi connectivity index (χ3v) is 7.37. The molecule has 2 rings (SSSR count). The molecule has 0 aliphatic heterocycles. The molecule has 0 aromatic rings. The van der Waals surface area contributed by atoms with Crippen LogP contribution in [0.2, 0.25) is 0 Å². The zero-order valence-corrected chi connectivity index (χ0v) is 18.0. The molecule has 2 saturated carbocycles. The first-order valence-corrected chi connectivity index (χ1v) is 11.1. The van der Waals surface area contributed by atoms with Gasteiger partial charge in [0, 0.05) is 0 Å². The quantitative estimate of drug-likeness (QED) is 0.576. The van der Waals surface area contributed by atoms with Gasteiger partial charge in [0.1, 0.15) is 6.10 Å². The van der Waals surface area contributed by atoms with E-state index in [0.29, 0.717) is 12.3 Å². The van der Waals surface area contributed by atoms with Crippen molar-refractivity contribution >= 4 is 11.9 Å². The maximum Gasteiger partial charge on any atom is 0.310 e. The van der Waals surface area contributed by atoms with E-state index < -0.39 is 17.8 Å². The second kappa shape index (κ2) is 9.43. The van der Waals surface area contributed by atoms with E-state index in [2.05, 4.69) is 27.7 Å². The summed E-state index contributed by atoms with van der Waals surface area (Å²) in [5.74, 6) is -0.980. The molecule has 0 amide bonds. The number of carboxylic acids is 1. The van der Waals surface area contributed by atoms with Crippen molar-refractivity contribution in [2.45, 2.75) is 98.5 Å². The summed E-state index contributed by atoms with van der Waals surface area (Å²) in [5.41, 5.74) is 0.125. The molecule has 0 aromatic heterocycles. The summed E-state index contributed by atoms with van der Waals surface area (Å²) in [6, 6.07) is 0. The van der Waals surface area contributed by atoms with Crippen LogP contribution in [0.1, 0.15) is 92.4 Å². The molecular formula is C23H40O4. The van der Waals surface area contributed by atoms with E-state index in [9.17, 15) is 14.7 Å². The van der Waals surface area contributed by atoms with Gasteiger partial charge >= 0.3 is 11.9 Å². The van der Waals surface area contributed by atoms with Gasteiger partial charge in [0.2, 0.25) is 0 Å². The number of rotatable bonds is 7. The highest BCUT2D eigenvalue weighted by molar-refractivity contribution is 5.81. The zero-order valence-electron chi connectivity index (χ0n) is 18.0. The highest BCUT2D eigenvalue weighted by atomic mass is 16.5. The van der Waals surface area contributed by atoms with Crippen molar-refractivity contribution in [3.8, 4) is 0 Å². The van der Waals surface area contributed by atoms with E-state index in [1.807, 2.05) is 6.92 Å². The van der Waals surface area contributed by atoms with Gasteiger partial charge in [-0.25, -0.2) is 0 Å². The van der Waals surface area contributed by atoms with Gasteiger partial charge in [0.05, 0.1) is 11.8 Å². The van der Waals surface area contributed by atoms with Crippen LogP contribution in [0.25, 0.3) is 0 Å². The summed E-state index contributed by atoms with van der Waals surface area (Å²) in [6.45, 7) is 10.9. The molecule has 1 N–H and O–H groups in total. The summed E-state index contributed by atoms with van der Waals surface area (Å²) < 4.78 is 6.13. The van der Waals surface area contributed by atoms with Crippen LogP contribution in [0.15, 0.2) is 0 Å². The molecule has 4 unspecified atom stereocenters. The van der Waals surface area contributed by atoms with E-state index in [-0.39, 0.29) is 23.4 Å². The molecule has 2 aliphatic rings. The van der Waals surface area contributed by atoms with Crippen LogP contribution in [0, 0.1) is 35.0 Å². The van der Waals surface area contributed by atoms with Gasteiger partial charge in [-0.15, -0.1) is 0 Å². The smallest absolute Gasteiger partial charge is 0.310 e. The summed E-state index contributed by atoms with van der Waals surface area (Å²) in [5, 5.41) is 9.66. The average Bonchev–Trinajstić information content (AvgIpc) is 2.61. The zero-order chi connectivity index (χ0) is 20.2. The highest BCUT2D eigenvalue weighted by Crippen LogP contribution is 2.40. The Morgan fingerprint density at radius 3 is 2.26 bits per heavy atom. The lowest BCUT2D eigenvalue weighted by molar-refractivity contribution is -0.170. The van der Waals surface area contributed by atoms with Gasteiger partial charge in [-0.3, -0.25) is 9.59 Å². The van der Waals surface area contributed by atoms with Crippen molar-refractivity contribution in [3.05, 3.63) is 0 Å². The Labute approximate surface area is 165 Å². The van der Waals surface area contributed by atoms with E-state index in [4.69, 9.17) is 4.74 Å². The predicted molar refractivity (Wildman–Crippen MR) is 107 cm³/mol. The number of aliphatic carboxylic acids is 1. The van der Waals surface area contributed by atoms with Crippen molar-refractivity contribution in [1.82, 2.24) is 0 Å². The Bertz CT molecular complexity index is 505. The summed E-state index contributed by atoms with van der Waals surface area (Å²) >= 11 is 0. The molecule has 0 radical (unpaired) electrons. The minimum Gasteiger partial charge on any atom is -0.481 e. The Morgan fingerprint density at radius 2 is 1.70 bits per heavy atom. The van der Waals surface area contributed by atoms with E-state index in [0.717, 1.165) is 44.4 Å². The first kappa shape index (κ1) is 22.2. The lowest BCUT2D eigenvalue weighted by Gasteiger charge is -2.38. The largest absolute Gasteiger partial charge is 0.481 e. The minimum atomic E-state index is -0.846. The Balaban J connectivity index is 2.12. The summed E-state index contributed by atoms with van der Waals surface area (Å²) in [4.78, 5) is 24.8. The van der Waals surface area contributed by atoms with Crippen LogP contribution in [0.5, 0.6) is 0 Å². The lowest BCUT2D eigenvalue weighted by atomic mass is 9.72. The molecule has 0 heterocycles. The standard InChI is InChI=1S/C23H40O4/c1-6-23(4,5)14-19(17-12-10-15(2)11-13-17)27-22(26)18-9-7-8-16(3)20(18)21(24)25/h15-20H,6-14H2,1-5H3,(H,24,25). The van der Waals surface area contributed by atoms with Gasteiger partial charge in [-0.2, -0.15) is 0 Å². The van der Waals surface area contributed by atoms with Crippen LogP contribution in [0.4, 0.5) is 0 Å². The van der Waals surface area contributed by atoms with E-state index in [1.165, 1.54) is 12.8 Å². The molecule has 4 heteroatoms. The molecule has 156 valence electrons. The monoisotopic (exact) mass is 380 g/mol. The van der Waals surface area contributed by atoms with Crippen LogP contribution >= 0.6 is 0 Å². The predicted octanol–water partition coefficient (Wildman–Crippen LogP) is 5.69. The first-order chi connectivity index (χ1) is 12.6. The van der Waals surface area contributed by atoms with Crippen LogP contribution in [0.3, 0.4) is 0 Å². The van der Waals surface area contributed by atoms with Crippen molar-refractivity contribution < 1.29 is 19.4 Å². The van der Waals surface area contributed by atoms with Gasteiger partial charge in [0.25, 0.3) is 0 Å². The van der Waals surface area contributed by atoms with Crippen molar-refractivity contribution in [3.63, 3.8) is 0 Å². The molecule has 27 heavy (non-hydrogen) atoms. The lowest BCUT2D eigenvalue weighted by Crippen LogP contribution is -2.41. The third kappa shape index (κ3) is 5.96. The molecular weight excluding hydrogens is 340 g/mol. The van der Waals surface area contributed by atoms with Crippen LogP contribution < -0.4 is 0 Å². The molecule has 2 fully saturated rings. The van der Waals surface area contributed by atoms with Crippen molar-refractivity contribution in [1.29, 1.82) is 0 Å². The SMILES string of the molecule is CCC(C)(C)CC(OC(=O)C1CCCC(C)C1C(=O)O)C1CCC(C)CC1.